The van der Waals surface area contributed by atoms with Crippen molar-refractivity contribution in [2.75, 3.05) is 13.2 Å². The van der Waals surface area contributed by atoms with Crippen molar-refractivity contribution >= 4 is 11.9 Å². The second-order valence-electron chi connectivity index (χ2n) is 20.1. The highest BCUT2D eigenvalue weighted by molar-refractivity contribution is 5.70. The molecule has 5 heteroatoms. The zero-order valence-corrected chi connectivity index (χ0v) is 44.0. The van der Waals surface area contributed by atoms with E-state index in [0.29, 0.717) is 12.8 Å². The van der Waals surface area contributed by atoms with Gasteiger partial charge in [-0.05, 0) is 44.9 Å². The molecular formula is C60H114O5. The fourth-order valence-electron chi connectivity index (χ4n) is 9.06. The van der Waals surface area contributed by atoms with Gasteiger partial charge in [0.2, 0.25) is 0 Å². The van der Waals surface area contributed by atoms with E-state index in [0.717, 1.165) is 38.5 Å². The number of aliphatic hydroxyl groups is 1. The van der Waals surface area contributed by atoms with Gasteiger partial charge < -0.3 is 14.6 Å². The summed E-state index contributed by atoms with van der Waals surface area (Å²) >= 11 is 0. The monoisotopic (exact) mass is 915 g/mol. The van der Waals surface area contributed by atoms with Crippen molar-refractivity contribution in [3.05, 3.63) is 24.3 Å². The average Bonchev–Trinajstić information content (AvgIpc) is 3.31. The molecule has 0 spiro atoms. The van der Waals surface area contributed by atoms with Crippen molar-refractivity contribution in [1.29, 1.82) is 0 Å². The van der Waals surface area contributed by atoms with Crippen molar-refractivity contribution in [3.8, 4) is 0 Å². The lowest BCUT2D eigenvalue weighted by molar-refractivity contribution is -0.161. The van der Waals surface area contributed by atoms with E-state index in [2.05, 4.69) is 38.2 Å². The fraction of sp³-hybridized carbons (Fsp3) is 0.900. The molecule has 5 nitrogen and oxygen atoms in total. The molecule has 0 radical (unpaired) electrons. The van der Waals surface area contributed by atoms with Crippen molar-refractivity contribution in [2.24, 2.45) is 0 Å². The van der Waals surface area contributed by atoms with Gasteiger partial charge >= 0.3 is 11.9 Å². The molecule has 0 aromatic carbocycles. The Morgan fingerprint density at radius 1 is 0.354 bits per heavy atom. The maximum Gasteiger partial charge on any atom is 0.306 e. The zero-order chi connectivity index (χ0) is 47.0. The summed E-state index contributed by atoms with van der Waals surface area (Å²) in [5.41, 5.74) is 0. The number of aliphatic hydroxyl groups excluding tert-OH is 1. The molecule has 0 saturated carbocycles. The Balaban J connectivity index is 3.41. The smallest absolute Gasteiger partial charge is 0.306 e. The van der Waals surface area contributed by atoms with Crippen LogP contribution in [0.4, 0.5) is 0 Å². The lowest BCUT2D eigenvalue weighted by atomic mass is 10.0. The first-order valence-corrected chi connectivity index (χ1v) is 29.4. The topological polar surface area (TPSA) is 72.8 Å². The molecule has 0 aliphatic heterocycles. The standard InChI is InChI=1S/C60H114O5/c1-3-5-7-9-11-13-15-17-19-21-23-25-26-27-28-29-30-31-32-33-35-36-38-40-42-44-46-48-50-52-54-59(62)64-57-58(56-61)65-60(63)55-53-51-49-47-45-43-41-39-37-34-24-22-20-18-16-14-12-10-8-6-4-2/h16,18,22,24,58,61H,3-15,17,19-21,23,25-57H2,1-2H3/b18-16-,24-22-. The molecule has 1 unspecified atom stereocenters. The number of hydrogen-bond donors (Lipinski definition) is 1. The van der Waals surface area contributed by atoms with E-state index in [1.807, 2.05) is 0 Å². The summed E-state index contributed by atoms with van der Waals surface area (Å²) < 4.78 is 10.7. The molecule has 0 aliphatic carbocycles. The average molecular weight is 916 g/mol. The molecule has 0 fully saturated rings. The van der Waals surface area contributed by atoms with Gasteiger partial charge in [-0.15, -0.1) is 0 Å². The molecule has 0 aliphatic rings. The van der Waals surface area contributed by atoms with Gasteiger partial charge in [0.15, 0.2) is 6.10 Å². The summed E-state index contributed by atoms with van der Waals surface area (Å²) in [6.45, 7) is 4.18. The fourth-order valence-corrected chi connectivity index (χ4v) is 9.06. The third-order valence-electron chi connectivity index (χ3n) is 13.5. The van der Waals surface area contributed by atoms with Crippen LogP contribution in [-0.4, -0.2) is 36.4 Å². The molecule has 1 N–H and O–H groups in total. The predicted molar refractivity (Wildman–Crippen MR) is 284 cm³/mol. The lowest BCUT2D eigenvalue weighted by Gasteiger charge is -2.15. The highest BCUT2D eigenvalue weighted by Crippen LogP contribution is 2.18. The maximum absolute atomic E-state index is 12.3. The number of rotatable bonds is 55. The largest absolute Gasteiger partial charge is 0.462 e. The van der Waals surface area contributed by atoms with Crippen LogP contribution in [0.1, 0.15) is 328 Å². The van der Waals surface area contributed by atoms with Gasteiger partial charge in [-0.25, -0.2) is 0 Å². The van der Waals surface area contributed by atoms with Crippen molar-refractivity contribution in [1.82, 2.24) is 0 Å². The van der Waals surface area contributed by atoms with E-state index in [1.54, 1.807) is 0 Å². The Hall–Kier alpha value is -1.62. The Morgan fingerprint density at radius 2 is 0.615 bits per heavy atom. The number of ether oxygens (including phenoxy) is 2. The first-order chi connectivity index (χ1) is 32.1. The third kappa shape index (κ3) is 54.9. The summed E-state index contributed by atoms with van der Waals surface area (Å²) in [5, 5.41) is 9.65. The Labute approximate surface area is 406 Å². The first-order valence-electron chi connectivity index (χ1n) is 29.4. The van der Waals surface area contributed by atoms with Crippen LogP contribution in [0.25, 0.3) is 0 Å². The summed E-state index contributed by atoms with van der Waals surface area (Å²) in [5.74, 6) is -0.576. The summed E-state index contributed by atoms with van der Waals surface area (Å²) in [6, 6.07) is 0. The van der Waals surface area contributed by atoms with Crippen LogP contribution in [0.15, 0.2) is 24.3 Å². The van der Waals surface area contributed by atoms with Crippen LogP contribution in [-0.2, 0) is 19.1 Å². The SMILES string of the molecule is CCCCCCC/C=C\C/C=C\CCCCCCCCCCCC(=O)OC(CO)COC(=O)CCCCCCCCCCCCCCCCCCCCCCCCCCCCCCCC. The Bertz CT molecular complexity index is 990. The third-order valence-corrected chi connectivity index (χ3v) is 13.5. The van der Waals surface area contributed by atoms with Crippen LogP contribution >= 0.6 is 0 Å². The summed E-state index contributed by atoms with van der Waals surface area (Å²) in [7, 11) is 0. The molecule has 0 aromatic rings. The van der Waals surface area contributed by atoms with Crippen LogP contribution in [0.3, 0.4) is 0 Å². The maximum atomic E-state index is 12.3. The highest BCUT2D eigenvalue weighted by Gasteiger charge is 2.16. The predicted octanol–water partition coefficient (Wildman–Crippen LogP) is 19.7. The van der Waals surface area contributed by atoms with Gasteiger partial charge in [-0.3, -0.25) is 9.59 Å². The van der Waals surface area contributed by atoms with E-state index in [4.69, 9.17) is 9.47 Å². The minimum Gasteiger partial charge on any atom is -0.462 e. The van der Waals surface area contributed by atoms with Crippen LogP contribution in [0, 0.1) is 0 Å². The first kappa shape index (κ1) is 63.4. The van der Waals surface area contributed by atoms with E-state index in [1.165, 1.54) is 263 Å². The van der Waals surface area contributed by atoms with E-state index in [9.17, 15) is 14.7 Å². The molecule has 0 amide bonds. The second-order valence-corrected chi connectivity index (χ2v) is 20.1. The molecule has 1 atom stereocenters. The van der Waals surface area contributed by atoms with Crippen molar-refractivity contribution < 1.29 is 24.2 Å². The molecule has 384 valence electrons. The number of hydrogen-bond acceptors (Lipinski definition) is 5. The number of unbranched alkanes of at least 4 members (excludes halogenated alkanes) is 43. The quantitative estimate of drug-likeness (QED) is 0.0374. The zero-order valence-electron chi connectivity index (χ0n) is 44.0. The number of carbonyl (C=O) groups excluding carboxylic acids is 2. The normalized spacial score (nSPS) is 12.2. The van der Waals surface area contributed by atoms with Gasteiger partial charge in [0, 0.05) is 12.8 Å². The molecule has 0 rings (SSSR count). The molecular weight excluding hydrogens is 801 g/mol. The minimum absolute atomic E-state index is 0.0619. The Morgan fingerprint density at radius 3 is 0.908 bits per heavy atom. The number of carbonyl (C=O) groups is 2. The number of allylic oxidation sites excluding steroid dienone is 4. The van der Waals surface area contributed by atoms with Gasteiger partial charge in [0.05, 0.1) is 6.61 Å². The number of esters is 2. The van der Waals surface area contributed by atoms with E-state index < -0.39 is 6.10 Å². The molecule has 65 heavy (non-hydrogen) atoms. The van der Waals surface area contributed by atoms with E-state index in [-0.39, 0.29) is 25.2 Å². The summed E-state index contributed by atoms with van der Waals surface area (Å²) in [4.78, 5) is 24.5. The van der Waals surface area contributed by atoms with Gasteiger partial charge in [0.25, 0.3) is 0 Å². The van der Waals surface area contributed by atoms with E-state index >= 15 is 0 Å². The van der Waals surface area contributed by atoms with Crippen LogP contribution in [0.2, 0.25) is 0 Å². The van der Waals surface area contributed by atoms with Crippen LogP contribution in [0.5, 0.6) is 0 Å². The second kappa shape index (κ2) is 56.7. The van der Waals surface area contributed by atoms with Gasteiger partial charge in [-0.2, -0.15) is 0 Å². The highest BCUT2D eigenvalue weighted by atomic mass is 16.6. The Kier molecular flexibility index (Phi) is 55.3. The van der Waals surface area contributed by atoms with Crippen molar-refractivity contribution in [3.63, 3.8) is 0 Å². The lowest BCUT2D eigenvalue weighted by Crippen LogP contribution is -2.28. The van der Waals surface area contributed by atoms with Gasteiger partial charge in [-0.1, -0.05) is 295 Å². The van der Waals surface area contributed by atoms with Gasteiger partial charge in [0.1, 0.15) is 6.61 Å². The summed E-state index contributed by atoms with van der Waals surface area (Å²) in [6.07, 6.45) is 71.7. The molecule has 0 bridgehead atoms. The molecule has 0 saturated heterocycles. The minimum atomic E-state index is -0.771. The molecule has 0 heterocycles. The van der Waals surface area contributed by atoms with Crippen LogP contribution < -0.4 is 0 Å². The van der Waals surface area contributed by atoms with Crippen molar-refractivity contribution in [2.45, 2.75) is 335 Å². The molecule has 0 aromatic heterocycles.